The highest BCUT2D eigenvalue weighted by molar-refractivity contribution is 8.00. The second kappa shape index (κ2) is 6.29. The summed E-state index contributed by atoms with van der Waals surface area (Å²) in [5.74, 6) is 1.64. The molecule has 2 aromatic rings. The van der Waals surface area contributed by atoms with Crippen molar-refractivity contribution >= 4 is 11.8 Å². The van der Waals surface area contributed by atoms with Gasteiger partial charge >= 0.3 is 0 Å². The highest BCUT2D eigenvalue weighted by Crippen LogP contribution is 2.45. The molecule has 1 aromatic heterocycles. The third-order valence-electron chi connectivity index (χ3n) is 4.33. The molecule has 0 radical (unpaired) electrons. The summed E-state index contributed by atoms with van der Waals surface area (Å²) in [5.41, 5.74) is 2.97. The van der Waals surface area contributed by atoms with E-state index in [-0.39, 0.29) is 0 Å². The molecule has 0 saturated heterocycles. The monoisotopic (exact) mass is 301 g/mol. The van der Waals surface area contributed by atoms with Crippen LogP contribution in [0.5, 0.6) is 0 Å². The van der Waals surface area contributed by atoms with Crippen LogP contribution in [0.25, 0.3) is 0 Å². The van der Waals surface area contributed by atoms with Gasteiger partial charge < -0.3 is 9.73 Å². The Morgan fingerprint density at radius 1 is 1.24 bits per heavy atom. The van der Waals surface area contributed by atoms with Crippen molar-refractivity contribution in [3.05, 3.63) is 53.5 Å². The van der Waals surface area contributed by atoms with E-state index in [1.54, 1.807) is 6.26 Å². The van der Waals surface area contributed by atoms with Crippen molar-refractivity contribution in [1.82, 2.24) is 5.32 Å². The first-order chi connectivity index (χ1) is 10.2. The van der Waals surface area contributed by atoms with E-state index in [1.807, 2.05) is 18.7 Å². The van der Waals surface area contributed by atoms with E-state index in [0.29, 0.717) is 17.2 Å². The van der Waals surface area contributed by atoms with E-state index in [0.717, 1.165) is 12.3 Å². The van der Waals surface area contributed by atoms with Gasteiger partial charge in [0.1, 0.15) is 5.76 Å². The van der Waals surface area contributed by atoms with Gasteiger partial charge in [-0.2, -0.15) is 0 Å². The summed E-state index contributed by atoms with van der Waals surface area (Å²) in [7, 11) is 0. The lowest BCUT2D eigenvalue weighted by Crippen LogP contribution is -2.35. The van der Waals surface area contributed by atoms with Gasteiger partial charge in [0.05, 0.1) is 6.26 Å². The van der Waals surface area contributed by atoms with Crippen LogP contribution in [-0.2, 0) is 0 Å². The molecule has 2 nitrogen and oxygen atoms in total. The number of thioether (sulfide) groups is 1. The molecule has 1 heterocycles. The topological polar surface area (TPSA) is 25.2 Å². The average molecular weight is 301 g/mol. The average Bonchev–Trinajstić information content (AvgIpc) is 2.89. The number of fused-ring (bicyclic) bond motifs is 1. The molecule has 1 aliphatic rings. The zero-order chi connectivity index (χ0) is 14.8. The third-order valence-corrected chi connectivity index (χ3v) is 5.78. The second-order valence-corrected chi connectivity index (χ2v) is 7.08. The number of furan rings is 1. The number of rotatable bonds is 4. The lowest BCUT2D eigenvalue weighted by Gasteiger charge is -2.37. The maximum atomic E-state index is 5.46. The van der Waals surface area contributed by atoms with Crippen LogP contribution in [0.4, 0.5) is 0 Å². The third kappa shape index (κ3) is 2.90. The SMILES string of the molecule is CCNC1c2ccccc2C(C)CC1Sc1ccoc1C. The molecule has 0 bridgehead atoms. The maximum Gasteiger partial charge on any atom is 0.114 e. The summed E-state index contributed by atoms with van der Waals surface area (Å²) in [6.45, 7) is 7.57. The molecular formula is C18H23NOS. The van der Waals surface area contributed by atoms with Crippen molar-refractivity contribution in [2.75, 3.05) is 6.54 Å². The summed E-state index contributed by atoms with van der Waals surface area (Å²) in [6.07, 6.45) is 2.99. The van der Waals surface area contributed by atoms with Crippen molar-refractivity contribution in [2.24, 2.45) is 0 Å². The number of benzene rings is 1. The predicted octanol–water partition coefficient (Wildman–Crippen LogP) is 4.91. The van der Waals surface area contributed by atoms with Crippen LogP contribution in [0.2, 0.25) is 0 Å². The van der Waals surface area contributed by atoms with Crippen LogP contribution in [0.3, 0.4) is 0 Å². The van der Waals surface area contributed by atoms with E-state index in [4.69, 9.17) is 4.42 Å². The summed E-state index contributed by atoms with van der Waals surface area (Å²) < 4.78 is 5.46. The quantitative estimate of drug-likeness (QED) is 0.869. The van der Waals surface area contributed by atoms with E-state index in [2.05, 4.69) is 49.5 Å². The molecule has 21 heavy (non-hydrogen) atoms. The second-order valence-electron chi connectivity index (χ2n) is 5.80. The zero-order valence-corrected chi connectivity index (χ0v) is 13.7. The van der Waals surface area contributed by atoms with E-state index < -0.39 is 0 Å². The molecule has 1 aliphatic carbocycles. The molecule has 112 valence electrons. The van der Waals surface area contributed by atoms with E-state index >= 15 is 0 Å². The van der Waals surface area contributed by atoms with E-state index in [9.17, 15) is 0 Å². The van der Waals surface area contributed by atoms with Crippen LogP contribution in [0, 0.1) is 6.92 Å². The Kier molecular flexibility index (Phi) is 4.41. The Balaban J connectivity index is 1.92. The Morgan fingerprint density at radius 2 is 2.00 bits per heavy atom. The van der Waals surface area contributed by atoms with Crippen molar-refractivity contribution in [1.29, 1.82) is 0 Å². The van der Waals surface area contributed by atoms with Gasteiger partial charge in [0.25, 0.3) is 0 Å². The normalized spacial score (nSPS) is 24.8. The molecule has 3 unspecified atom stereocenters. The first-order valence-electron chi connectivity index (χ1n) is 7.73. The van der Waals surface area contributed by atoms with Crippen LogP contribution in [-0.4, -0.2) is 11.8 Å². The summed E-state index contributed by atoms with van der Waals surface area (Å²) in [4.78, 5) is 1.27. The van der Waals surface area contributed by atoms with Gasteiger partial charge in [-0.25, -0.2) is 0 Å². The molecule has 1 N–H and O–H groups in total. The Morgan fingerprint density at radius 3 is 2.67 bits per heavy atom. The van der Waals surface area contributed by atoms with Gasteiger partial charge in [0.15, 0.2) is 0 Å². The summed E-state index contributed by atoms with van der Waals surface area (Å²) >= 11 is 1.96. The van der Waals surface area contributed by atoms with E-state index in [1.165, 1.54) is 22.4 Å². The van der Waals surface area contributed by atoms with Gasteiger partial charge in [-0.05, 0) is 43.0 Å². The zero-order valence-electron chi connectivity index (χ0n) is 12.9. The lowest BCUT2D eigenvalue weighted by atomic mass is 9.80. The summed E-state index contributed by atoms with van der Waals surface area (Å²) in [6, 6.07) is 11.4. The highest BCUT2D eigenvalue weighted by Gasteiger charge is 2.33. The Labute approximate surface area is 131 Å². The number of aryl methyl sites for hydroxylation is 1. The van der Waals surface area contributed by atoms with Crippen LogP contribution < -0.4 is 5.32 Å². The molecular weight excluding hydrogens is 278 g/mol. The first-order valence-corrected chi connectivity index (χ1v) is 8.61. The molecule has 0 fully saturated rings. The molecule has 1 aromatic carbocycles. The van der Waals surface area contributed by atoms with Crippen molar-refractivity contribution in [3.8, 4) is 0 Å². The smallest absolute Gasteiger partial charge is 0.114 e. The van der Waals surface area contributed by atoms with Crippen LogP contribution in [0.15, 0.2) is 45.9 Å². The predicted molar refractivity (Wildman–Crippen MR) is 89.0 cm³/mol. The molecule has 3 atom stereocenters. The fourth-order valence-corrected chi connectivity index (χ4v) is 4.73. The van der Waals surface area contributed by atoms with Crippen molar-refractivity contribution in [3.63, 3.8) is 0 Å². The van der Waals surface area contributed by atoms with Gasteiger partial charge in [-0.1, -0.05) is 38.1 Å². The molecule has 0 aliphatic heterocycles. The minimum absolute atomic E-state index is 0.418. The molecule has 0 saturated carbocycles. The van der Waals surface area contributed by atoms with Crippen molar-refractivity contribution in [2.45, 2.75) is 49.3 Å². The molecule has 3 heteroatoms. The van der Waals surface area contributed by atoms with Crippen LogP contribution >= 0.6 is 11.8 Å². The molecule has 0 spiro atoms. The highest BCUT2D eigenvalue weighted by atomic mass is 32.2. The van der Waals surface area contributed by atoms with Crippen molar-refractivity contribution < 1.29 is 4.42 Å². The lowest BCUT2D eigenvalue weighted by molar-refractivity contribution is 0.453. The minimum atomic E-state index is 0.418. The molecule has 0 amide bonds. The van der Waals surface area contributed by atoms with Gasteiger partial charge in [-0.15, -0.1) is 11.8 Å². The van der Waals surface area contributed by atoms with Gasteiger partial charge in [0.2, 0.25) is 0 Å². The summed E-state index contributed by atoms with van der Waals surface area (Å²) in [5, 5.41) is 4.24. The Bertz CT molecular complexity index is 607. The fourth-order valence-electron chi connectivity index (χ4n) is 3.29. The fraction of sp³-hybridized carbons (Fsp3) is 0.444. The minimum Gasteiger partial charge on any atom is -0.468 e. The number of nitrogens with one attached hydrogen (secondary N) is 1. The Hall–Kier alpha value is -1.19. The van der Waals surface area contributed by atoms with Crippen LogP contribution in [0.1, 0.15) is 49.1 Å². The number of hydrogen-bond donors (Lipinski definition) is 1. The van der Waals surface area contributed by atoms with Gasteiger partial charge in [-0.3, -0.25) is 0 Å². The molecule has 3 rings (SSSR count). The maximum absolute atomic E-state index is 5.46. The first kappa shape index (κ1) is 14.7. The number of hydrogen-bond acceptors (Lipinski definition) is 3. The largest absolute Gasteiger partial charge is 0.468 e. The standard InChI is InChI=1S/C18H23NOS/c1-4-19-18-15-8-6-5-7-14(15)12(2)11-17(18)21-16-9-10-20-13(16)3/h5-10,12,17-19H,4,11H2,1-3H3. The van der Waals surface area contributed by atoms with Gasteiger partial charge in [0, 0.05) is 16.2 Å².